The first kappa shape index (κ1) is 17.0. The maximum absolute atomic E-state index is 12.0. The minimum Gasteiger partial charge on any atom is -0.478 e. The number of aromatic carboxylic acids is 1. The van der Waals surface area contributed by atoms with E-state index in [0.29, 0.717) is 11.0 Å². The molecule has 114 valence electrons. The fraction of sp³-hybridized carbons (Fsp3) is 0.308. The molecule has 21 heavy (non-hydrogen) atoms. The van der Waals surface area contributed by atoms with Crippen LogP contribution in [0.1, 0.15) is 17.3 Å². The number of amides is 3. The summed E-state index contributed by atoms with van der Waals surface area (Å²) in [5.41, 5.74) is 0.127. The second-order valence-electron chi connectivity index (χ2n) is 4.23. The first-order valence-electron chi connectivity index (χ1n) is 6.16. The number of rotatable bonds is 5. The Morgan fingerprint density at radius 1 is 1.33 bits per heavy atom. The molecule has 3 N–H and O–H groups in total. The largest absolute Gasteiger partial charge is 0.478 e. The molecule has 0 aliphatic rings. The molecule has 1 aromatic rings. The Balaban J connectivity index is 2.80. The molecule has 0 aliphatic carbocycles. The molecule has 1 aromatic carbocycles. The van der Waals surface area contributed by atoms with E-state index in [1.54, 1.807) is 13.0 Å². The summed E-state index contributed by atoms with van der Waals surface area (Å²) >= 11 is 3.21. The van der Waals surface area contributed by atoms with Crippen LogP contribution in [0.25, 0.3) is 0 Å². The van der Waals surface area contributed by atoms with Gasteiger partial charge in [0.2, 0.25) is 5.91 Å². The Morgan fingerprint density at radius 3 is 2.57 bits per heavy atom. The number of carboxylic acids is 1. The Bertz CT molecular complexity index is 562. The molecular weight excluding hydrogens is 342 g/mol. The number of carbonyl (C=O) groups is 3. The number of carbonyl (C=O) groups excluding carboxylic acids is 2. The number of hydrogen-bond acceptors (Lipinski definition) is 3. The molecule has 0 radical (unpaired) electrons. The third kappa shape index (κ3) is 5.07. The van der Waals surface area contributed by atoms with Gasteiger partial charge in [0.15, 0.2) is 0 Å². The van der Waals surface area contributed by atoms with Gasteiger partial charge in [-0.1, -0.05) is 15.9 Å². The predicted octanol–water partition coefficient (Wildman–Crippen LogP) is 1.75. The third-order valence-electron chi connectivity index (χ3n) is 2.56. The molecule has 0 atom stereocenters. The van der Waals surface area contributed by atoms with Crippen molar-refractivity contribution in [2.75, 3.05) is 25.5 Å². The van der Waals surface area contributed by atoms with Gasteiger partial charge < -0.3 is 20.6 Å². The van der Waals surface area contributed by atoms with Crippen LogP contribution in [-0.2, 0) is 4.79 Å². The Hall–Kier alpha value is -2.09. The molecule has 0 aliphatic heterocycles. The van der Waals surface area contributed by atoms with Crippen LogP contribution in [0.5, 0.6) is 0 Å². The van der Waals surface area contributed by atoms with Crippen LogP contribution < -0.4 is 10.6 Å². The van der Waals surface area contributed by atoms with Gasteiger partial charge in [0, 0.05) is 18.1 Å². The van der Waals surface area contributed by atoms with Crippen molar-refractivity contribution in [3.8, 4) is 0 Å². The SMILES string of the molecule is CCNC(=O)CN(C)C(=O)Nc1cc(Br)ccc1C(=O)O. The Labute approximate surface area is 130 Å². The third-order valence-corrected chi connectivity index (χ3v) is 3.05. The van der Waals surface area contributed by atoms with E-state index in [9.17, 15) is 14.4 Å². The van der Waals surface area contributed by atoms with E-state index >= 15 is 0 Å². The highest BCUT2D eigenvalue weighted by Crippen LogP contribution is 2.21. The number of benzene rings is 1. The van der Waals surface area contributed by atoms with Crippen molar-refractivity contribution in [3.63, 3.8) is 0 Å². The normalized spacial score (nSPS) is 9.86. The van der Waals surface area contributed by atoms with E-state index in [2.05, 4.69) is 26.6 Å². The van der Waals surface area contributed by atoms with Crippen molar-refractivity contribution >= 4 is 39.5 Å². The van der Waals surface area contributed by atoms with Crippen LogP contribution in [0.2, 0.25) is 0 Å². The molecule has 0 unspecified atom stereocenters. The lowest BCUT2D eigenvalue weighted by Crippen LogP contribution is -2.40. The van der Waals surface area contributed by atoms with Crippen LogP contribution in [-0.4, -0.2) is 48.1 Å². The topological polar surface area (TPSA) is 98.7 Å². The van der Waals surface area contributed by atoms with Gasteiger partial charge in [0.1, 0.15) is 6.54 Å². The average Bonchev–Trinajstić information content (AvgIpc) is 2.38. The number of halogens is 1. The predicted molar refractivity (Wildman–Crippen MR) is 81.4 cm³/mol. The van der Waals surface area contributed by atoms with Crippen LogP contribution in [0.3, 0.4) is 0 Å². The summed E-state index contributed by atoms with van der Waals surface area (Å²) in [6.45, 7) is 2.14. The minimum atomic E-state index is -1.15. The van der Waals surface area contributed by atoms with Crippen molar-refractivity contribution in [2.24, 2.45) is 0 Å². The van der Waals surface area contributed by atoms with Crippen molar-refractivity contribution in [3.05, 3.63) is 28.2 Å². The molecule has 0 fully saturated rings. The highest BCUT2D eigenvalue weighted by molar-refractivity contribution is 9.10. The number of likely N-dealkylation sites (N-methyl/N-ethyl adjacent to an activating group) is 2. The summed E-state index contributed by atoms with van der Waals surface area (Å²) in [4.78, 5) is 35.6. The molecule has 7 nitrogen and oxygen atoms in total. The molecule has 8 heteroatoms. The lowest BCUT2D eigenvalue weighted by molar-refractivity contribution is -0.121. The summed E-state index contributed by atoms with van der Waals surface area (Å²) in [7, 11) is 1.45. The summed E-state index contributed by atoms with van der Waals surface area (Å²) in [6.07, 6.45) is 0. The molecule has 0 bridgehead atoms. The fourth-order valence-corrected chi connectivity index (χ4v) is 1.92. The average molecular weight is 358 g/mol. The highest BCUT2D eigenvalue weighted by Gasteiger charge is 2.16. The van der Waals surface area contributed by atoms with Gasteiger partial charge in [0.25, 0.3) is 0 Å². The van der Waals surface area contributed by atoms with Gasteiger partial charge in [-0.2, -0.15) is 0 Å². The van der Waals surface area contributed by atoms with Gasteiger partial charge in [-0.25, -0.2) is 9.59 Å². The molecule has 0 heterocycles. The highest BCUT2D eigenvalue weighted by atomic mass is 79.9. The number of nitrogens with zero attached hydrogens (tertiary/aromatic N) is 1. The molecule has 0 spiro atoms. The van der Waals surface area contributed by atoms with E-state index in [4.69, 9.17) is 5.11 Å². The first-order chi connectivity index (χ1) is 9.85. The van der Waals surface area contributed by atoms with Crippen molar-refractivity contribution in [1.82, 2.24) is 10.2 Å². The Kier molecular flexibility index (Phi) is 6.16. The summed E-state index contributed by atoms with van der Waals surface area (Å²) in [6, 6.07) is 3.87. The summed E-state index contributed by atoms with van der Waals surface area (Å²) in [5, 5.41) is 14.1. The fourth-order valence-electron chi connectivity index (χ4n) is 1.56. The van der Waals surface area contributed by atoms with E-state index in [-0.39, 0.29) is 23.7 Å². The minimum absolute atomic E-state index is 0.0297. The molecule has 3 amide bonds. The van der Waals surface area contributed by atoms with Gasteiger partial charge in [-0.05, 0) is 25.1 Å². The Morgan fingerprint density at radius 2 is 2.00 bits per heavy atom. The smallest absolute Gasteiger partial charge is 0.337 e. The molecule has 1 rings (SSSR count). The van der Waals surface area contributed by atoms with Gasteiger partial charge in [-0.3, -0.25) is 4.79 Å². The van der Waals surface area contributed by atoms with Crippen molar-refractivity contribution in [1.29, 1.82) is 0 Å². The van der Waals surface area contributed by atoms with E-state index < -0.39 is 12.0 Å². The van der Waals surface area contributed by atoms with Crippen LogP contribution in [0.15, 0.2) is 22.7 Å². The van der Waals surface area contributed by atoms with Gasteiger partial charge in [0.05, 0.1) is 11.3 Å². The van der Waals surface area contributed by atoms with E-state index in [1.807, 2.05) is 0 Å². The van der Waals surface area contributed by atoms with Gasteiger partial charge in [-0.15, -0.1) is 0 Å². The van der Waals surface area contributed by atoms with Crippen molar-refractivity contribution in [2.45, 2.75) is 6.92 Å². The molecular formula is C13H16BrN3O4. The van der Waals surface area contributed by atoms with Crippen LogP contribution in [0.4, 0.5) is 10.5 Å². The van der Waals surface area contributed by atoms with Crippen LogP contribution >= 0.6 is 15.9 Å². The number of hydrogen-bond donors (Lipinski definition) is 3. The monoisotopic (exact) mass is 357 g/mol. The second kappa shape index (κ2) is 7.63. The zero-order valence-electron chi connectivity index (χ0n) is 11.6. The van der Waals surface area contributed by atoms with E-state index in [0.717, 1.165) is 4.90 Å². The maximum atomic E-state index is 12.0. The van der Waals surface area contributed by atoms with Crippen LogP contribution in [0, 0.1) is 0 Å². The second-order valence-corrected chi connectivity index (χ2v) is 5.15. The number of anilines is 1. The summed E-state index contributed by atoms with van der Waals surface area (Å²) < 4.78 is 0.633. The number of nitrogens with one attached hydrogen (secondary N) is 2. The lowest BCUT2D eigenvalue weighted by Gasteiger charge is -2.18. The molecule has 0 saturated carbocycles. The summed E-state index contributed by atoms with van der Waals surface area (Å²) in [5.74, 6) is -1.44. The quantitative estimate of drug-likeness (QED) is 0.747. The molecule has 0 aromatic heterocycles. The van der Waals surface area contributed by atoms with Crippen molar-refractivity contribution < 1.29 is 19.5 Å². The molecule has 0 saturated heterocycles. The lowest BCUT2D eigenvalue weighted by atomic mass is 10.2. The maximum Gasteiger partial charge on any atom is 0.337 e. The van der Waals surface area contributed by atoms with E-state index in [1.165, 1.54) is 19.2 Å². The first-order valence-corrected chi connectivity index (χ1v) is 6.96. The zero-order valence-corrected chi connectivity index (χ0v) is 13.2. The zero-order chi connectivity index (χ0) is 16.0. The number of urea groups is 1. The standard InChI is InChI=1S/C13H16BrN3O4/c1-3-15-11(18)7-17(2)13(21)16-10-6-8(14)4-5-9(10)12(19)20/h4-6H,3,7H2,1-2H3,(H,15,18)(H,16,21)(H,19,20). The van der Waals surface area contributed by atoms with Gasteiger partial charge >= 0.3 is 12.0 Å². The number of carboxylic acid groups (broad SMARTS) is 1.